The van der Waals surface area contributed by atoms with Crippen LogP contribution >= 0.6 is 0 Å². The lowest BCUT2D eigenvalue weighted by Crippen LogP contribution is -2.36. The maximum Gasteiger partial charge on any atom is 0.254 e. The minimum Gasteiger partial charge on any atom is -0.474 e. The second-order valence-electron chi connectivity index (χ2n) is 5.36. The number of nitrogens with one attached hydrogen (secondary N) is 1. The monoisotopic (exact) mass is 249 g/mol. The van der Waals surface area contributed by atoms with Crippen molar-refractivity contribution in [2.45, 2.75) is 37.7 Å². The molecule has 18 heavy (non-hydrogen) atoms. The number of ether oxygens (including phenoxy) is 1. The maximum absolute atomic E-state index is 11.6. The van der Waals surface area contributed by atoms with E-state index < -0.39 is 0 Å². The van der Waals surface area contributed by atoms with Crippen LogP contribution in [0.4, 0.5) is 0 Å². The lowest BCUT2D eigenvalue weighted by molar-refractivity contribution is 0.109. The average Bonchev–Trinajstić information content (AvgIpc) is 3.15. The van der Waals surface area contributed by atoms with Crippen LogP contribution in [-0.2, 0) is 0 Å². The van der Waals surface area contributed by atoms with Gasteiger partial charge in [0.15, 0.2) is 0 Å². The van der Waals surface area contributed by atoms with Crippen molar-refractivity contribution in [1.29, 1.82) is 0 Å². The van der Waals surface area contributed by atoms with Crippen LogP contribution in [0.2, 0.25) is 0 Å². The molecule has 5 nitrogen and oxygen atoms in total. The summed E-state index contributed by atoms with van der Waals surface area (Å²) in [4.78, 5) is 21.1. The molecule has 1 saturated carbocycles. The molecule has 0 spiro atoms. The van der Waals surface area contributed by atoms with E-state index in [0.717, 1.165) is 44.6 Å². The van der Waals surface area contributed by atoms with Gasteiger partial charge in [-0.1, -0.05) is 0 Å². The fourth-order valence-corrected chi connectivity index (χ4v) is 2.34. The number of likely N-dealkylation sites (tertiary alicyclic amines) is 1. The lowest BCUT2D eigenvalue weighted by Gasteiger charge is -2.28. The first-order valence-electron chi connectivity index (χ1n) is 6.67. The summed E-state index contributed by atoms with van der Waals surface area (Å²) in [6.45, 7) is 2.09. The van der Waals surface area contributed by atoms with Crippen molar-refractivity contribution in [3.05, 3.63) is 22.2 Å². The number of hydrogen-bond donors (Lipinski definition) is 1. The number of rotatable bonds is 3. The first kappa shape index (κ1) is 11.7. The zero-order valence-corrected chi connectivity index (χ0v) is 10.7. The fourth-order valence-electron chi connectivity index (χ4n) is 2.34. The third-order valence-corrected chi connectivity index (χ3v) is 3.65. The van der Waals surface area contributed by atoms with E-state index in [9.17, 15) is 4.79 Å². The van der Waals surface area contributed by atoms with Crippen LogP contribution < -0.4 is 10.3 Å². The highest BCUT2D eigenvalue weighted by molar-refractivity contribution is 5.14. The summed E-state index contributed by atoms with van der Waals surface area (Å²) < 4.78 is 5.85. The molecule has 0 radical (unpaired) electrons. The van der Waals surface area contributed by atoms with Gasteiger partial charge in [-0.05, 0) is 32.7 Å². The van der Waals surface area contributed by atoms with Crippen molar-refractivity contribution in [3.8, 4) is 5.88 Å². The average molecular weight is 249 g/mol. The third kappa shape index (κ3) is 2.72. The molecular weight excluding hydrogens is 230 g/mol. The highest BCUT2D eigenvalue weighted by atomic mass is 16.5. The second-order valence-corrected chi connectivity index (χ2v) is 5.36. The van der Waals surface area contributed by atoms with Gasteiger partial charge in [-0.25, -0.2) is 0 Å². The molecule has 1 aliphatic heterocycles. The van der Waals surface area contributed by atoms with E-state index in [1.807, 2.05) is 0 Å². The molecule has 5 heteroatoms. The van der Waals surface area contributed by atoms with Crippen molar-refractivity contribution in [1.82, 2.24) is 14.9 Å². The van der Waals surface area contributed by atoms with E-state index in [0.29, 0.717) is 11.8 Å². The Morgan fingerprint density at radius 1 is 1.33 bits per heavy atom. The Morgan fingerprint density at radius 3 is 2.72 bits per heavy atom. The summed E-state index contributed by atoms with van der Waals surface area (Å²) in [5.41, 5.74) is -0.102. The van der Waals surface area contributed by atoms with Crippen molar-refractivity contribution in [2.24, 2.45) is 0 Å². The molecule has 1 aromatic rings. The molecule has 2 heterocycles. The summed E-state index contributed by atoms with van der Waals surface area (Å²) in [5, 5.41) is 0. The molecule has 98 valence electrons. The first-order valence-corrected chi connectivity index (χ1v) is 6.67. The van der Waals surface area contributed by atoms with E-state index in [4.69, 9.17) is 4.74 Å². The normalized spacial score (nSPS) is 22.1. The van der Waals surface area contributed by atoms with Crippen LogP contribution in [0.3, 0.4) is 0 Å². The molecule has 0 bridgehead atoms. The van der Waals surface area contributed by atoms with Gasteiger partial charge in [0, 0.05) is 19.0 Å². The highest BCUT2D eigenvalue weighted by Gasteiger charge is 2.27. The predicted octanol–water partition coefficient (Wildman–Crippen LogP) is 1.12. The van der Waals surface area contributed by atoms with E-state index in [1.165, 1.54) is 6.07 Å². The molecule has 3 rings (SSSR count). The van der Waals surface area contributed by atoms with Gasteiger partial charge < -0.3 is 14.6 Å². The van der Waals surface area contributed by atoms with Gasteiger partial charge in [0.25, 0.3) is 5.56 Å². The number of hydrogen-bond acceptors (Lipinski definition) is 4. The molecule has 1 aromatic heterocycles. The van der Waals surface area contributed by atoms with Crippen molar-refractivity contribution >= 4 is 0 Å². The Morgan fingerprint density at radius 2 is 2.06 bits per heavy atom. The van der Waals surface area contributed by atoms with Gasteiger partial charge in [0.2, 0.25) is 5.88 Å². The Bertz CT molecular complexity index is 473. The van der Waals surface area contributed by atoms with Gasteiger partial charge in [-0.15, -0.1) is 0 Å². The molecule has 2 fully saturated rings. The molecular formula is C13H19N3O2. The van der Waals surface area contributed by atoms with Gasteiger partial charge in [0.1, 0.15) is 11.9 Å². The molecule has 2 aliphatic rings. The van der Waals surface area contributed by atoms with Crippen LogP contribution in [0.1, 0.15) is 37.4 Å². The van der Waals surface area contributed by atoms with Crippen molar-refractivity contribution < 1.29 is 4.74 Å². The third-order valence-electron chi connectivity index (χ3n) is 3.65. The van der Waals surface area contributed by atoms with E-state index in [1.54, 1.807) is 0 Å². The van der Waals surface area contributed by atoms with Crippen LogP contribution in [0.25, 0.3) is 0 Å². The van der Waals surface area contributed by atoms with E-state index >= 15 is 0 Å². The maximum atomic E-state index is 11.6. The number of H-pyrrole nitrogens is 1. The second kappa shape index (κ2) is 4.72. The summed E-state index contributed by atoms with van der Waals surface area (Å²) in [6.07, 6.45) is 4.46. The van der Waals surface area contributed by atoms with Gasteiger partial charge >= 0.3 is 0 Å². The minimum absolute atomic E-state index is 0.102. The lowest BCUT2D eigenvalue weighted by atomic mass is 10.1. The zero-order valence-electron chi connectivity index (χ0n) is 10.7. The smallest absolute Gasteiger partial charge is 0.254 e. The minimum atomic E-state index is -0.102. The first-order chi connectivity index (χ1) is 8.70. The molecule has 0 atom stereocenters. The topological polar surface area (TPSA) is 58.2 Å². The molecule has 0 aromatic carbocycles. The van der Waals surface area contributed by atoms with Gasteiger partial charge in [-0.3, -0.25) is 4.79 Å². The summed E-state index contributed by atoms with van der Waals surface area (Å²) >= 11 is 0. The van der Waals surface area contributed by atoms with Crippen LogP contribution in [0.15, 0.2) is 10.9 Å². The number of aromatic amines is 1. The van der Waals surface area contributed by atoms with E-state index in [2.05, 4.69) is 21.9 Å². The number of aromatic nitrogens is 2. The predicted molar refractivity (Wildman–Crippen MR) is 68.0 cm³/mol. The van der Waals surface area contributed by atoms with E-state index in [-0.39, 0.29) is 11.7 Å². The number of piperidine rings is 1. The zero-order chi connectivity index (χ0) is 12.5. The molecule has 0 amide bonds. The number of nitrogens with zero attached hydrogens (tertiary/aromatic N) is 2. The van der Waals surface area contributed by atoms with Gasteiger partial charge in [-0.2, -0.15) is 4.98 Å². The largest absolute Gasteiger partial charge is 0.474 e. The molecule has 0 unspecified atom stereocenters. The van der Waals surface area contributed by atoms with Crippen LogP contribution in [0, 0.1) is 0 Å². The Labute approximate surface area is 106 Å². The van der Waals surface area contributed by atoms with Gasteiger partial charge in [0.05, 0.1) is 6.07 Å². The van der Waals surface area contributed by atoms with Crippen molar-refractivity contribution in [2.75, 3.05) is 20.1 Å². The fraction of sp³-hybridized carbons (Fsp3) is 0.692. The highest BCUT2D eigenvalue weighted by Crippen LogP contribution is 2.37. The molecule has 1 aliphatic carbocycles. The van der Waals surface area contributed by atoms with Crippen LogP contribution in [0.5, 0.6) is 5.88 Å². The Hall–Kier alpha value is -1.36. The SMILES string of the molecule is CN1CCC(Oc2cc(=O)[nH]c(C3CC3)n2)CC1. The molecule has 1 N–H and O–H groups in total. The quantitative estimate of drug-likeness (QED) is 0.872. The molecule has 1 saturated heterocycles. The Balaban J connectivity index is 1.70. The standard InChI is InChI=1S/C13H19N3O2/c1-16-6-4-10(5-7-16)18-12-8-11(17)14-13(15-12)9-2-3-9/h8-10H,2-7H2,1H3,(H,14,15,17). The summed E-state index contributed by atoms with van der Waals surface area (Å²) in [5.74, 6) is 1.74. The van der Waals surface area contributed by atoms with Crippen LogP contribution in [-0.4, -0.2) is 41.1 Å². The summed E-state index contributed by atoms with van der Waals surface area (Å²) in [7, 11) is 2.12. The van der Waals surface area contributed by atoms with Crippen molar-refractivity contribution in [3.63, 3.8) is 0 Å². The summed E-state index contributed by atoms with van der Waals surface area (Å²) in [6, 6.07) is 1.46. The Kier molecular flexibility index (Phi) is 3.07.